The van der Waals surface area contributed by atoms with Crippen LogP contribution in [0.4, 0.5) is 0 Å². The first-order valence-electron chi connectivity index (χ1n) is 12.1. The highest BCUT2D eigenvalue weighted by atomic mass is 35.5. The first-order chi connectivity index (χ1) is 17.5. The lowest BCUT2D eigenvalue weighted by atomic mass is 10.0. The highest BCUT2D eigenvalue weighted by molar-refractivity contribution is 7.99. The molecule has 3 rings (SSSR count). The molecule has 3 aromatic rings. The van der Waals surface area contributed by atoms with Crippen molar-refractivity contribution in [3.63, 3.8) is 0 Å². The maximum absolute atomic E-state index is 13.6. The van der Waals surface area contributed by atoms with Crippen LogP contribution in [0.5, 0.6) is 0 Å². The van der Waals surface area contributed by atoms with Gasteiger partial charge in [0.1, 0.15) is 6.04 Å². The van der Waals surface area contributed by atoms with Crippen LogP contribution < -0.4 is 5.32 Å². The molecule has 1 atom stereocenters. The lowest BCUT2D eigenvalue weighted by Gasteiger charge is -2.32. The lowest BCUT2D eigenvalue weighted by Crippen LogP contribution is -2.51. The van der Waals surface area contributed by atoms with Crippen LogP contribution in [0.2, 0.25) is 10.0 Å². The molecule has 7 heteroatoms. The van der Waals surface area contributed by atoms with E-state index >= 15 is 0 Å². The summed E-state index contributed by atoms with van der Waals surface area (Å²) in [5, 5.41) is 4.30. The number of carbonyl (C=O) groups excluding carboxylic acids is 2. The predicted molar refractivity (Wildman–Crippen MR) is 151 cm³/mol. The number of nitrogens with zero attached hydrogens (tertiary/aromatic N) is 1. The molecule has 0 aromatic heterocycles. The van der Waals surface area contributed by atoms with E-state index in [0.29, 0.717) is 28.8 Å². The smallest absolute Gasteiger partial charge is 0.243 e. The molecular formula is C29H32Cl2N2O2S. The van der Waals surface area contributed by atoms with Crippen LogP contribution in [-0.4, -0.2) is 35.1 Å². The monoisotopic (exact) mass is 542 g/mol. The molecule has 0 bridgehead atoms. The number of amides is 2. The van der Waals surface area contributed by atoms with Gasteiger partial charge in [-0.05, 0) is 41.3 Å². The molecule has 36 heavy (non-hydrogen) atoms. The van der Waals surface area contributed by atoms with E-state index in [-0.39, 0.29) is 24.1 Å². The molecular weight excluding hydrogens is 511 g/mol. The van der Waals surface area contributed by atoms with Crippen molar-refractivity contribution in [3.05, 3.63) is 106 Å². The van der Waals surface area contributed by atoms with Crippen molar-refractivity contribution in [2.24, 2.45) is 0 Å². The second-order valence-electron chi connectivity index (χ2n) is 8.58. The zero-order valence-corrected chi connectivity index (χ0v) is 22.8. The van der Waals surface area contributed by atoms with Crippen molar-refractivity contribution < 1.29 is 9.59 Å². The second-order valence-corrected chi connectivity index (χ2v) is 10.4. The van der Waals surface area contributed by atoms with Crippen LogP contribution >= 0.6 is 35.0 Å². The van der Waals surface area contributed by atoms with E-state index in [2.05, 4.69) is 12.2 Å². The number of rotatable bonds is 13. The average Bonchev–Trinajstić information content (AvgIpc) is 2.89. The Morgan fingerprint density at radius 1 is 0.917 bits per heavy atom. The van der Waals surface area contributed by atoms with E-state index in [0.717, 1.165) is 29.5 Å². The third kappa shape index (κ3) is 8.88. The average molecular weight is 544 g/mol. The van der Waals surface area contributed by atoms with Gasteiger partial charge in [0.05, 0.1) is 5.75 Å². The van der Waals surface area contributed by atoms with Crippen molar-refractivity contribution in [1.29, 1.82) is 0 Å². The topological polar surface area (TPSA) is 49.4 Å². The van der Waals surface area contributed by atoms with Crippen LogP contribution in [0.3, 0.4) is 0 Å². The fourth-order valence-corrected chi connectivity index (χ4v) is 4.98. The summed E-state index contributed by atoms with van der Waals surface area (Å²) >= 11 is 14.0. The molecule has 190 valence electrons. The first kappa shape index (κ1) is 28.1. The van der Waals surface area contributed by atoms with Gasteiger partial charge in [0, 0.05) is 35.3 Å². The molecule has 2 amide bonds. The molecule has 0 saturated heterocycles. The van der Waals surface area contributed by atoms with Crippen LogP contribution in [0, 0.1) is 0 Å². The van der Waals surface area contributed by atoms with E-state index in [4.69, 9.17) is 23.2 Å². The molecule has 1 N–H and O–H groups in total. The number of benzene rings is 3. The minimum atomic E-state index is -0.649. The molecule has 0 unspecified atom stereocenters. The standard InChI is InChI=1S/C29H32Cl2N2O2S/c1-2-3-17-32-29(35)27(18-22-9-5-4-6-10-22)33(19-24-11-7-8-12-26(24)31)28(34)21-36-20-23-13-15-25(30)16-14-23/h4-16,27H,2-3,17-21H2,1H3,(H,32,35)/t27-/m0/s1. The van der Waals surface area contributed by atoms with Crippen molar-refractivity contribution in [3.8, 4) is 0 Å². The molecule has 0 saturated carbocycles. The van der Waals surface area contributed by atoms with E-state index in [9.17, 15) is 9.59 Å². The van der Waals surface area contributed by atoms with Crippen molar-refractivity contribution in [2.75, 3.05) is 12.3 Å². The Morgan fingerprint density at radius 3 is 2.31 bits per heavy atom. The second kappa shape index (κ2) is 14.9. The highest BCUT2D eigenvalue weighted by Crippen LogP contribution is 2.22. The van der Waals surface area contributed by atoms with Crippen LogP contribution in [0.25, 0.3) is 0 Å². The normalized spacial score (nSPS) is 11.6. The van der Waals surface area contributed by atoms with E-state index in [1.807, 2.05) is 78.9 Å². The SMILES string of the molecule is CCCCNC(=O)[C@H](Cc1ccccc1)N(Cc1ccccc1Cl)C(=O)CSCc1ccc(Cl)cc1. The summed E-state index contributed by atoms with van der Waals surface area (Å²) in [6, 6.07) is 24.2. The number of hydrogen-bond donors (Lipinski definition) is 1. The van der Waals surface area contributed by atoms with Gasteiger partial charge >= 0.3 is 0 Å². The number of hydrogen-bond acceptors (Lipinski definition) is 3. The Kier molecular flexibility index (Phi) is 11.7. The summed E-state index contributed by atoms with van der Waals surface area (Å²) in [6.07, 6.45) is 2.29. The summed E-state index contributed by atoms with van der Waals surface area (Å²) in [5.74, 6) is 0.686. The number of thioether (sulfide) groups is 1. The zero-order valence-electron chi connectivity index (χ0n) is 20.5. The first-order valence-corrected chi connectivity index (χ1v) is 14.1. The Labute approximate surface area is 228 Å². The van der Waals surface area contributed by atoms with Gasteiger partial charge in [0.2, 0.25) is 11.8 Å². The summed E-state index contributed by atoms with van der Waals surface area (Å²) in [5.41, 5.74) is 2.90. The Balaban J connectivity index is 1.83. The van der Waals surface area contributed by atoms with Crippen molar-refractivity contribution in [1.82, 2.24) is 10.2 Å². The molecule has 0 heterocycles. The number of halogens is 2. The molecule has 0 radical (unpaired) electrons. The highest BCUT2D eigenvalue weighted by Gasteiger charge is 2.30. The van der Waals surface area contributed by atoms with Gasteiger partial charge in [-0.2, -0.15) is 0 Å². The maximum atomic E-state index is 13.6. The molecule has 0 aliphatic carbocycles. The Hall–Kier alpha value is -2.47. The van der Waals surface area contributed by atoms with Crippen LogP contribution in [0.15, 0.2) is 78.9 Å². The van der Waals surface area contributed by atoms with Crippen molar-refractivity contribution >= 4 is 46.8 Å². The van der Waals surface area contributed by atoms with Gasteiger partial charge < -0.3 is 10.2 Å². The molecule has 0 aliphatic rings. The molecule has 4 nitrogen and oxygen atoms in total. The zero-order chi connectivity index (χ0) is 25.8. The third-order valence-electron chi connectivity index (χ3n) is 5.81. The quantitative estimate of drug-likeness (QED) is 0.242. The van der Waals surface area contributed by atoms with Gasteiger partial charge in [0.25, 0.3) is 0 Å². The fraction of sp³-hybridized carbons (Fsp3) is 0.310. The molecule has 3 aromatic carbocycles. The Morgan fingerprint density at radius 2 is 1.61 bits per heavy atom. The number of unbranched alkanes of at least 4 members (excludes halogenated alkanes) is 1. The van der Waals surface area contributed by atoms with E-state index < -0.39 is 6.04 Å². The summed E-state index contributed by atoms with van der Waals surface area (Å²) < 4.78 is 0. The van der Waals surface area contributed by atoms with Gasteiger partial charge in [-0.1, -0.05) is 97.2 Å². The fourth-order valence-electron chi connectivity index (χ4n) is 3.79. The minimum Gasteiger partial charge on any atom is -0.354 e. The van der Waals surface area contributed by atoms with Crippen LogP contribution in [-0.2, 0) is 28.3 Å². The van der Waals surface area contributed by atoms with Crippen LogP contribution in [0.1, 0.15) is 36.5 Å². The van der Waals surface area contributed by atoms with E-state index in [1.54, 1.807) is 4.90 Å². The molecule has 0 aliphatic heterocycles. The number of carbonyl (C=O) groups is 2. The largest absolute Gasteiger partial charge is 0.354 e. The predicted octanol–water partition coefficient (Wildman–Crippen LogP) is 6.78. The van der Waals surface area contributed by atoms with E-state index in [1.165, 1.54) is 11.8 Å². The van der Waals surface area contributed by atoms with Gasteiger partial charge in [-0.3, -0.25) is 9.59 Å². The molecule has 0 spiro atoms. The van der Waals surface area contributed by atoms with Crippen molar-refractivity contribution in [2.45, 2.75) is 44.5 Å². The summed E-state index contributed by atoms with van der Waals surface area (Å²) in [7, 11) is 0. The van der Waals surface area contributed by atoms with Gasteiger partial charge in [-0.25, -0.2) is 0 Å². The summed E-state index contributed by atoms with van der Waals surface area (Å²) in [4.78, 5) is 28.7. The Bertz CT molecular complexity index is 1110. The lowest BCUT2D eigenvalue weighted by molar-refractivity contribution is -0.139. The minimum absolute atomic E-state index is 0.0968. The third-order valence-corrected chi connectivity index (χ3v) is 7.42. The maximum Gasteiger partial charge on any atom is 0.243 e. The summed E-state index contributed by atoms with van der Waals surface area (Å²) in [6.45, 7) is 2.93. The number of nitrogens with one attached hydrogen (secondary N) is 1. The van der Waals surface area contributed by atoms with Gasteiger partial charge in [-0.15, -0.1) is 11.8 Å². The van der Waals surface area contributed by atoms with Gasteiger partial charge in [0.15, 0.2) is 0 Å². The molecule has 0 fully saturated rings.